The lowest BCUT2D eigenvalue weighted by Gasteiger charge is -2.21. The molecule has 176 valence electrons. The topological polar surface area (TPSA) is 89.5 Å². The molecule has 0 bridgehead atoms. The average Bonchev–Trinajstić information content (AvgIpc) is 2.70. The van der Waals surface area contributed by atoms with E-state index in [0.717, 1.165) is 25.2 Å². The summed E-state index contributed by atoms with van der Waals surface area (Å²) >= 11 is 0. The van der Waals surface area contributed by atoms with Crippen LogP contribution in [0.3, 0.4) is 0 Å². The van der Waals surface area contributed by atoms with Gasteiger partial charge in [-0.15, -0.1) is 0 Å². The summed E-state index contributed by atoms with van der Waals surface area (Å²) in [7, 11) is -1.91. The molecular weight excluding hydrogens is 418 g/mol. The minimum atomic E-state index is -3.53. The van der Waals surface area contributed by atoms with Crippen LogP contribution < -0.4 is 0 Å². The third-order valence-corrected chi connectivity index (χ3v) is 7.68. The van der Waals surface area contributed by atoms with Gasteiger partial charge in [-0.1, -0.05) is 52.9 Å². The Kier molecular flexibility index (Phi) is 16.1. The summed E-state index contributed by atoms with van der Waals surface area (Å²) in [4.78, 5) is 0. The number of hydrogen-bond acceptors (Lipinski definition) is 8. The summed E-state index contributed by atoms with van der Waals surface area (Å²) in [6, 6.07) is 0. The van der Waals surface area contributed by atoms with Gasteiger partial charge < -0.3 is 0 Å². The van der Waals surface area contributed by atoms with Crippen molar-refractivity contribution in [3.8, 4) is 0 Å². The highest BCUT2D eigenvalue weighted by molar-refractivity contribution is 7.48. The molecule has 8 nitrogen and oxygen atoms in total. The van der Waals surface area contributed by atoms with Crippen LogP contribution in [0.5, 0.6) is 0 Å². The molecule has 0 saturated carbocycles. The zero-order valence-electron chi connectivity index (χ0n) is 19.3. The fourth-order valence-electron chi connectivity index (χ4n) is 2.97. The Morgan fingerprint density at radius 1 is 0.655 bits per heavy atom. The first-order chi connectivity index (χ1) is 13.6. The Morgan fingerprint density at radius 3 is 1.62 bits per heavy atom. The van der Waals surface area contributed by atoms with Crippen molar-refractivity contribution in [2.24, 2.45) is 17.8 Å². The molecule has 2 unspecified atom stereocenters. The quantitative estimate of drug-likeness (QED) is 0.203. The van der Waals surface area contributed by atoms with E-state index in [4.69, 9.17) is 27.1 Å². The Bertz CT molecular complexity index is 485. The smallest absolute Gasteiger partial charge is 0.290 e. The van der Waals surface area contributed by atoms with Crippen LogP contribution in [0.2, 0.25) is 0 Å². The van der Waals surface area contributed by atoms with Crippen LogP contribution in [0, 0.1) is 17.8 Å². The zero-order valence-corrected chi connectivity index (χ0v) is 21.0. The maximum atomic E-state index is 12.2. The van der Waals surface area contributed by atoms with Crippen LogP contribution in [0.15, 0.2) is 0 Å². The first-order valence-electron chi connectivity index (χ1n) is 10.4. The number of phosphoric acid groups is 2. The van der Waals surface area contributed by atoms with Gasteiger partial charge in [-0.3, -0.25) is 27.1 Å². The maximum absolute atomic E-state index is 12.2. The van der Waals surface area contributed by atoms with Crippen molar-refractivity contribution in [2.45, 2.75) is 65.7 Å². The van der Waals surface area contributed by atoms with Gasteiger partial charge >= 0.3 is 15.6 Å². The van der Waals surface area contributed by atoms with E-state index in [0.29, 0.717) is 12.3 Å². The lowest BCUT2D eigenvalue weighted by atomic mass is 9.92. The molecule has 10 heteroatoms. The minimum absolute atomic E-state index is 0.0543. The van der Waals surface area contributed by atoms with Gasteiger partial charge in [-0.2, -0.15) is 0 Å². The second-order valence-corrected chi connectivity index (χ2v) is 11.5. The molecule has 0 aliphatic heterocycles. The molecule has 0 rings (SSSR count). The van der Waals surface area contributed by atoms with Crippen LogP contribution in [0.25, 0.3) is 0 Å². The molecular formula is C19H42O8P2. The third-order valence-electron chi connectivity index (χ3n) is 4.93. The molecule has 29 heavy (non-hydrogen) atoms. The van der Waals surface area contributed by atoms with Gasteiger partial charge in [0.25, 0.3) is 0 Å². The van der Waals surface area contributed by atoms with Crippen molar-refractivity contribution in [1.29, 1.82) is 0 Å². The van der Waals surface area contributed by atoms with E-state index in [2.05, 4.69) is 20.8 Å². The Labute approximate surface area is 177 Å². The van der Waals surface area contributed by atoms with E-state index < -0.39 is 15.6 Å². The minimum Gasteiger partial charge on any atom is -0.290 e. The number of phosphoric ester groups is 2. The first kappa shape index (κ1) is 29.2. The molecule has 0 aromatic heterocycles. The van der Waals surface area contributed by atoms with Gasteiger partial charge in [0.05, 0.1) is 13.2 Å². The maximum Gasteiger partial charge on any atom is 0.474 e. The predicted octanol–water partition coefficient (Wildman–Crippen LogP) is 6.46. The molecule has 0 aliphatic carbocycles. The Morgan fingerprint density at radius 2 is 1.14 bits per heavy atom. The summed E-state index contributed by atoms with van der Waals surface area (Å²) < 4.78 is 54.1. The van der Waals surface area contributed by atoms with Crippen LogP contribution in [-0.2, 0) is 36.3 Å². The summed E-state index contributed by atoms with van der Waals surface area (Å²) in [5.74, 6) is 1.47. The third kappa shape index (κ3) is 14.0. The van der Waals surface area contributed by atoms with E-state index in [1.807, 2.05) is 0 Å². The van der Waals surface area contributed by atoms with Crippen molar-refractivity contribution in [2.75, 3.05) is 41.7 Å². The van der Waals surface area contributed by atoms with Crippen LogP contribution in [0.1, 0.15) is 65.7 Å². The molecule has 2 atom stereocenters. The highest BCUT2D eigenvalue weighted by Gasteiger charge is 2.26. The highest BCUT2D eigenvalue weighted by atomic mass is 31.2. The molecule has 0 fully saturated rings. The molecule has 0 aromatic carbocycles. The number of rotatable bonds is 19. The normalized spacial score (nSPS) is 15.0. The van der Waals surface area contributed by atoms with Crippen LogP contribution >= 0.6 is 15.6 Å². The highest BCUT2D eigenvalue weighted by Crippen LogP contribution is 2.49. The van der Waals surface area contributed by atoms with Gasteiger partial charge in [-0.25, -0.2) is 9.13 Å². The number of hydrogen-bond donors (Lipinski definition) is 0. The molecule has 0 heterocycles. The average molecular weight is 460 g/mol. The van der Waals surface area contributed by atoms with Crippen LogP contribution in [-0.4, -0.2) is 41.7 Å². The summed E-state index contributed by atoms with van der Waals surface area (Å²) in [6.45, 7) is 7.17. The van der Waals surface area contributed by atoms with E-state index in [9.17, 15) is 9.13 Å². The van der Waals surface area contributed by atoms with E-state index in [-0.39, 0.29) is 19.1 Å². The predicted molar refractivity (Wildman–Crippen MR) is 115 cm³/mol. The van der Waals surface area contributed by atoms with Crippen molar-refractivity contribution in [1.82, 2.24) is 0 Å². The summed E-state index contributed by atoms with van der Waals surface area (Å²) in [6.07, 6.45) is 7.33. The zero-order chi connectivity index (χ0) is 22.3. The van der Waals surface area contributed by atoms with Crippen molar-refractivity contribution in [3.63, 3.8) is 0 Å². The van der Waals surface area contributed by atoms with Crippen molar-refractivity contribution < 1.29 is 36.3 Å². The SMILES string of the molecule is COP(=O)(OC)OCCC(CCCC(C)CCCC(C)C)COP(=O)(OC)OC. The molecule has 0 N–H and O–H groups in total. The molecule has 0 saturated heterocycles. The van der Waals surface area contributed by atoms with E-state index >= 15 is 0 Å². The van der Waals surface area contributed by atoms with Gasteiger partial charge in [0.15, 0.2) is 0 Å². The largest absolute Gasteiger partial charge is 0.474 e. The van der Waals surface area contributed by atoms with Gasteiger partial charge in [0, 0.05) is 28.4 Å². The molecule has 0 amide bonds. The lowest BCUT2D eigenvalue weighted by molar-refractivity contribution is 0.109. The lowest BCUT2D eigenvalue weighted by Crippen LogP contribution is -2.13. The first-order valence-corrected chi connectivity index (χ1v) is 13.3. The fraction of sp³-hybridized carbons (Fsp3) is 1.00. The standard InChI is InChI=1S/C19H42O8P2/c1-17(2)10-8-11-18(3)12-9-13-19(16-27-29(21,24-6)25-7)14-15-26-28(20,22-4)23-5/h17-19H,8-16H2,1-7H3. The molecule has 0 aliphatic rings. The van der Waals surface area contributed by atoms with Crippen LogP contribution in [0.4, 0.5) is 0 Å². The Balaban J connectivity index is 4.54. The van der Waals surface area contributed by atoms with Gasteiger partial charge in [0.1, 0.15) is 0 Å². The molecule has 0 spiro atoms. The van der Waals surface area contributed by atoms with Crippen molar-refractivity contribution in [3.05, 3.63) is 0 Å². The Hall–Kier alpha value is 0.220. The monoisotopic (exact) mass is 460 g/mol. The van der Waals surface area contributed by atoms with Gasteiger partial charge in [-0.05, 0) is 30.6 Å². The van der Waals surface area contributed by atoms with Gasteiger partial charge in [0.2, 0.25) is 0 Å². The van der Waals surface area contributed by atoms with E-state index in [1.165, 1.54) is 47.7 Å². The summed E-state index contributed by atoms with van der Waals surface area (Å²) in [5, 5.41) is 0. The summed E-state index contributed by atoms with van der Waals surface area (Å²) in [5.41, 5.74) is 0. The molecule has 0 radical (unpaired) electrons. The molecule has 0 aromatic rings. The fourth-order valence-corrected chi connectivity index (χ4v) is 4.41. The second-order valence-electron chi connectivity index (χ2n) is 7.77. The van der Waals surface area contributed by atoms with E-state index in [1.54, 1.807) is 0 Å². The van der Waals surface area contributed by atoms with Crippen molar-refractivity contribution >= 4 is 15.6 Å². The second kappa shape index (κ2) is 15.9.